The maximum Gasteiger partial charge on any atom is 0.294 e. The lowest BCUT2D eigenvalue weighted by atomic mass is 9.96. The molecule has 0 aromatic heterocycles. The van der Waals surface area contributed by atoms with Crippen LogP contribution in [0, 0.1) is 0 Å². The van der Waals surface area contributed by atoms with Gasteiger partial charge < -0.3 is 19.7 Å². The number of Topliss-reactive ketones (excluding diaryl/α,β-unsaturated/α-hetero) is 1. The summed E-state index contributed by atoms with van der Waals surface area (Å²) in [5.41, 5.74) is 1.00. The number of aliphatic hydroxyl groups excluding tert-OH is 1. The molecular weight excluding hydrogens is 350 g/mol. The SMILES string of the molecule is COc1ccc([C@@H]2C(C(C)=O)=C(O)C(=O)N2c2ccc(O)cc2)cc1OC. The molecular formula is C20H19NO6. The van der Waals surface area contributed by atoms with Gasteiger partial charge in [-0.2, -0.15) is 0 Å². The van der Waals surface area contributed by atoms with Gasteiger partial charge in [0.25, 0.3) is 5.91 Å². The number of amides is 1. The molecule has 1 aliphatic heterocycles. The Morgan fingerprint density at radius 1 is 1.00 bits per heavy atom. The molecule has 1 heterocycles. The number of hydrogen-bond acceptors (Lipinski definition) is 6. The van der Waals surface area contributed by atoms with Crippen LogP contribution in [-0.4, -0.2) is 36.1 Å². The molecule has 2 aromatic rings. The third-order valence-electron chi connectivity index (χ3n) is 4.44. The molecule has 0 aliphatic carbocycles. The second-order valence-electron chi connectivity index (χ2n) is 6.03. The van der Waals surface area contributed by atoms with Gasteiger partial charge in [0.15, 0.2) is 23.0 Å². The average molecular weight is 369 g/mol. The zero-order valence-corrected chi connectivity index (χ0v) is 15.1. The third kappa shape index (κ3) is 3.08. The van der Waals surface area contributed by atoms with E-state index in [1.54, 1.807) is 18.2 Å². The standard InChI is InChI=1S/C20H19NO6/c1-11(22)17-18(12-4-9-15(26-2)16(10-12)27-3)21(20(25)19(17)24)13-5-7-14(23)8-6-13/h4-10,18,23-24H,1-3H3/t18-/m1/s1. The third-order valence-corrected chi connectivity index (χ3v) is 4.44. The fourth-order valence-corrected chi connectivity index (χ4v) is 3.18. The van der Waals surface area contributed by atoms with E-state index in [1.165, 1.54) is 50.3 Å². The quantitative estimate of drug-likeness (QED) is 0.841. The van der Waals surface area contributed by atoms with Crippen molar-refractivity contribution in [1.29, 1.82) is 0 Å². The van der Waals surface area contributed by atoms with Gasteiger partial charge in [-0.1, -0.05) is 6.07 Å². The van der Waals surface area contributed by atoms with E-state index < -0.39 is 23.5 Å². The highest BCUT2D eigenvalue weighted by Crippen LogP contribution is 2.43. The molecule has 0 saturated heterocycles. The van der Waals surface area contributed by atoms with E-state index in [2.05, 4.69) is 0 Å². The predicted octanol–water partition coefficient (Wildman–Crippen LogP) is 2.90. The van der Waals surface area contributed by atoms with Crippen molar-refractivity contribution >= 4 is 17.4 Å². The average Bonchev–Trinajstić information content (AvgIpc) is 2.93. The molecule has 0 unspecified atom stereocenters. The Kier molecular flexibility index (Phi) is 4.77. The zero-order valence-electron chi connectivity index (χ0n) is 15.1. The number of phenols is 1. The van der Waals surface area contributed by atoms with Gasteiger partial charge in [-0.05, 0) is 48.9 Å². The van der Waals surface area contributed by atoms with Gasteiger partial charge in [-0.25, -0.2) is 0 Å². The predicted molar refractivity (Wildman–Crippen MR) is 98.2 cm³/mol. The minimum atomic E-state index is -0.834. The van der Waals surface area contributed by atoms with Crippen molar-refractivity contribution in [2.75, 3.05) is 19.1 Å². The van der Waals surface area contributed by atoms with E-state index in [0.29, 0.717) is 22.7 Å². The molecule has 1 amide bonds. The summed E-state index contributed by atoms with van der Waals surface area (Å²) in [4.78, 5) is 26.2. The monoisotopic (exact) mass is 369 g/mol. The number of ether oxygens (including phenoxy) is 2. The Balaban J connectivity index is 2.18. The largest absolute Gasteiger partial charge is 0.508 e. The lowest BCUT2D eigenvalue weighted by Crippen LogP contribution is -2.30. The number of benzene rings is 2. The van der Waals surface area contributed by atoms with Crippen molar-refractivity contribution in [3.8, 4) is 17.2 Å². The van der Waals surface area contributed by atoms with Gasteiger partial charge in [-0.3, -0.25) is 14.5 Å². The Labute approximate surface area is 156 Å². The van der Waals surface area contributed by atoms with Gasteiger partial charge in [0.2, 0.25) is 0 Å². The van der Waals surface area contributed by atoms with E-state index in [9.17, 15) is 19.8 Å². The first-order chi connectivity index (χ1) is 12.9. The minimum Gasteiger partial charge on any atom is -0.508 e. The number of anilines is 1. The molecule has 7 nitrogen and oxygen atoms in total. The summed E-state index contributed by atoms with van der Waals surface area (Å²) in [5, 5.41) is 19.9. The first-order valence-corrected chi connectivity index (χ1v) is 8.17. The molecule has 1 aliphatic rings. The maximum atomic E-state index is 12.7. The first-order valence-electron chi connectivity index (χ1n) is 8.17. The molecule has 0 saturated carbocycles. The van der Waals surface area contributed by atoms with Crippen LogP contribution in [0.3, 0.4) is 0 Å². The fourth-order valence-electron chi connectivity index (χ4n) is 3.18. The number of carbonyl (C=O) groups is 2. The van der Waals surface area contributed by atoms with Crippen molar-refractivity contribution in [1.82, 2.24) is 0 Å². The molecule has 0 fully saturated rings. The number of carbonyl (C=O) groups excluding carboxylic acids is 2. The molecule has 140 valence electrons. The molecule has 1 atom stereocenters. The number of nitrogens with zero attached hydrogens (tertiary/aromatic N) is 1. The van der Waals surface area contributed by atoms with Crippen LogP contribution in [0.1, 0.15) is 18.5 Å². The summed E-state index contributed by atoms with van der Waals surface area (Å²) in [7, 11) is 2.99. The number of hydrogen-bond donors (Lipinski definition) is 2. The molecule has 7 heteroatoms. The Hall–Kier alpha value is -3.48. The summed E-state index contributed by atoms with van der Waals surface area (Å²) < 4.78 is 10.6. The van der Waals surface area contributed by atoms with Gasteiger partial charge in [-0.15, -0.1) is 0 Å². The summed E-state index contributed by atoms with van der Waals surface area (Å²) in [6, 6.07) is 10.1. The number of phenolic OH excluding ortho intramolecular Hbond substituents is 1. The maximum absolute atomic E-state index is 12.7. The van der Waals surface area contributed by atoms with Crippen LogP contribution >= 0.6 is 0 Å². The highest BCUT2D eigenvalue weighted by atomic mass is 16.5. The van der Waals surface area contributed by atoms with E-state index >= 15 is 0 Å². The Morgan fingerprint density at radius 2 is 1.63 bits per heavy atom. The van der Waals surface area contributed by atoms with Crippen LogP contribution in [0.15, 0.2) is 53.8 Å². The van der Waals surface area contributed by atoms with Gasteiger partial charge in [0, 0.05) is 5.69 Å². The zero-order chi connectivity index (χ0) is 19.7. The van der Waals surface area contributed by atoms with Crippen LogP contribution < -0.4 is 14.4 Å². The normalized spacial score (nSPS) is 16.6. The smallest absolute Gasteiger partial charge is 0.294 e. The molecule has 2 aromatic carbocycles. The number of ketones is 1. The lowest BCUT2D eigenvalue weighted by Gasteiger charge is -2.27. The molecule has 0 spiro atoms. The van der Waals surface area contributed by atoms with Crippen LogP contribution in [0.2, 0.25) is 0 Å². The molecule has 27 heavy (non-hydrogen) atoms. The van der Waals surface area contributed by atoms with Crippen molar-refractivity contribution in [3.05, 3.63) is 59.4 Å². The van der Waals surface area contributed by atoms with Crippen LogP contribution in [-0.2, 0) is 9.59 Å². The van der Waals surface area contributed by atoms with E-state index in [4.69, 9.17) is 9.47 Å². The second-order valence-corrected chi connectivity index (χ2v) is 6.03. The summed E-state index contributed by atoms with van der Waals surface area (Å²) >= 11 is 0. The topological polar surface area (TPSA) is 96.3 Å². The van der Waals surface area contributed by atoms with Crippen molar-refractivity contribution in [2.45, 2.75) is 13.0 Å². The summed E-state index contributed by atoms with van der Waals surface area (Å²) in [6.07, 6.45) is 0. The summed E-state index contributed by atoms with van der Waals surface area (Å²) in [5.74, 6) is -0.721. The van der Waals surface area contributed by atoms with Gasteiger partial charge in [0.1, 0.15) is 5.75 Å². The summed E-state index contributed by atoms with van der Waals surface area (Å²) in [6.45, 7) is 1.30. The van der Waals surface area contributed by atoms with Crippen LogP contribution in [0.4, 0.5) is 5.69 Å². The highest BCUT2D eigenvalue weighted by Gasteiger charge is 2.43. The number of aromatic hydroxyl groups is 1. The van der Waals surface area contributed by atoms with Crippen molar-refractivity contribution in [3.63, 3.8) is 0 Å². The van der Waals surface area contributed by atoms with Crippen molar-refractivity contribution in [2.24, 2.45) is 0 Å². The Bertz CT molecular complexity index is 932. The second kappa shape index (κ2) is 7.03. The van der Waals surface area contributed by atoms with Gasteiger partial charge >= 0.3 is 0 Å². The van der Waals surface area contributed by atoms with E-state index in [0.717, 1.165) is 0 Å². The first kappa shape index (κ1) is 18.3. The molecule has 0 bridgehead atoms. The molecule has 3 rings (SSSR count). The number of rotatable bonds is 5. The number of aliphatic hydroxyl groups is 1. The van der Waals surface area contributed by atoms with E-state index in [1.807, 2.05) is 0 Å². The minimum absolute atomic E-state index is 0.000273. The Morgan fingerprint density at radius 3 is 2.19 bits per heavy atom. The lowest BCUT2D eigenvalue weighted by molar-refractivity contribution is -0.117. The van der Waals surface area contributed by atoms with E-state index in [-0.39, 0.29) is 11.3 Å². The van der Waals surface area contributed by atoms with Crippen molar-refractivity contribution < 1.29 is 29.3 Å². The molecule has 2 N–H and O–H groups in total. The fraction of sp³-hybridized carbons (Fsp3) is 0.200. The number of methoxy groups -OCH3 is 2. The van der Waals surface area contributed by atoms with Gasteiger partial charge in [0.05, 0.1) is 25.8 Å². The molecule has 0 radical (unpaired) electrons. The van der Waals surface area contributed by atoms with Crippen LogP contribution in [0.25, 0.3) is 0 Å². The van der Waals surface area contributed by atoms with Crippen LogP contribution in [0.5, 0.6) is 17.2 Å². The highest BCUT2D eigenvalue weighted by molar-refractivity contribution is 6.16.